The van der Waals surface area contributed by atoms with Crippen molar-refractivity contribution < 1.29 is 29.0 Å². The molecule has 2 amide bonds. The first-order chi connectivity index (χ1) is 13.6. The number of amides is 2. The van der Waals surface area contributed by atoms with E-state index in [9.17, 15) is 9.59 Å². The molecule has 2 N–H and O–H groups in total. The molecule has 3 saturated heterocycles. The molecule has 0 aromatic heterocycles. The number of carbonyl (C=O) groups is 3. The van der Waals surface area contributed by atoms with Gasteiger partial charge in [-0.05, 0) is 32.1 Å². The zero-order chi connectivity index (χ0) is 20.2. The van der Waals surface area contributed by atoms with Crippen LogP contribution >= 0.6 is 0 Å². The molecule has 28 heavy (non-hydrogen) atoms. The molecule has 9 heteroatoms. The second-order valence-corrected chi connectivity index (χ2v) is 7.39. The molecular weight excluding hydrogens is 366 g/mol. The summed E-state index contributed by atoms with van der Waals surface area (Å²) in [5, 5.41) is 9.87. The summed E-state index contributed by atoms with van der Waals surface area (Å²) in [6, 6.07) is 0. The number of hydrogen-bond acceptors (Lipinski definition) is 6. The molecule has 0 radical (unpaired) electrons. The second-order valence-electron chi connectivity index (χ2n) is 7.39. The Hall–Kier alpha value is -1.71. The third-order valence-electron chi connectivity index (χ3n) is 5.39. The van der Waals surface area contributed by atoms with Gasteiger partial charge in [-0.2, -0.15) is 0 Å². The average molecular weight is 399 g/mol. The number of nitrogens with one attached hydrogen (secondary N) is 1. The van der Waals surface area contributed by atoms with Crippen LogP contribution in [0.2, 0.25) is 0 Å². The number of rotatable bonds is 5. The van der Waals surface area contributed by atoms with Gasteiger partial charge < -0.3 is 24.8 Å². The fraction of sp³-hybridized carbons (Fsp3) is 0.842. The van der Waals surface area contributed by atoms with Gasteiger partial charge in [-0.3, -0.25) is 19.3 Å². The summed E-state index contributed by atoms with van der Waals surface area (Å²) >= 11 is 0. The number of hydrogen-bond donors (Lipinski definition) is 2. The quantitative estimate of drug-likeness (QED) is 0.624. The van der Waals surface area contributed by atoms with Crippen LogP contribution in [0.1, 0.15) is 32.1 Å². The van der Waals surface area contributed by atoms with E-state index in [1.807, 2.05) is 4.90 Å². The molecule has 0 aromatic rings. The van der Waals surface area contributed by atoms with Gasteiger partial charge in [0.1, 0.15) is 0 Å². The first-order valence-electron chi connectivity index (χ1n) is 10.2. The summed E-state index contributed by atoms with van der Waals surface area (Å²) in [5.74, 6) is 0.447. The maximum atomic E-state index is 12.6. The van der Waals surface area contributed by atoms with Gasteiger partial charge in [0.2, 0.25) is 11.8 Å². The van der Waals surface area contributed by atoms with Crippen LogP contribution in [0, 0.1) is 5.92 Å². The molecule has 3 aliphatic rings. The third kappa shape index (κ3) is 7.73. The molecule has 0 spiro atoms. The summed E-state index contributed by atoms with van der Waals surface area (Å²) < 4.78 is 10.9. The molecule has 0 saturated carbocycles. The highest BCUT2D eigenvalue weighted by molar-refractivity contribution is 5.79. The Balaban J connectivity index is 0.000000878. The topological polar surface area (TPSA) is 108 Å². The number of carbonyl (C=O) groups excluding carboxylic acids is 2. The smallest absolute Gasteiger partial charge is 0.290 e. The Morgan fingerprint density at radius 3 is 2.46 bits per heavy atom. The van der Waals surface area contributed by atoms with Gasteiger partial charge in [0, 0.05) is 58.5 Å². The molecule has 3 fully saturated rings. The van der Waals surface area contributed by atoms with Crippen LogP contribution in [0.5, 0.6) is 0 Å². The Morgan fingerprint density at radius 2 is 1.79 bits per heavy atom. The Morgan fingerprint density at radius 1 is 1.04 bits per heavy atom. The van der Waals surface area contributed by atoms with Crippen LogP contribution in [0.25, 0.3) is 0 Å². The standard InChI is InChI=1S/C18H31N3O4.CH2O2/c22-17(19-13-16-3-1-10-25-16)14-20-6-2-7-21(9-8-20)18(23)15-4-11-24-12-5-15;2-1-3/h15-16H,1-14H2,(H,19,22);1H,(H,2,3). The van der Waals surface area contributed by atoms with Crippen molar-refractivity contribution in [3.8, 4) is 0 Å². The molecule has 9 nitrogen and oxygen atoms in total. The molecule has 3 aliphatic heterocycles. The average Bonchev–Trinajstić information content (AvgIpc) is 3.13. The van der Waals surface area contributed by atoms with Crippen LogP contribution in [0.4, 0.5) is 0 Å². The zero-order valence-corrected chi connectivity index (χ0v) is 16.5. The minimum Gasteiger partial charge on any atom is -0.483 e. The predicted molar refractivity (Wildman–Crippen MR) is 102 cm³/mol. The molecule has 3 rings (SSSR count). The maximum Gasteiger partial charge on any atom is 0.290 e. The van der Waals surface area contributed by atoms with Crippen molar-refractivity contribution in [2.75, 3.05) is 59.1 Å². The number of ether oxygens (including phenoxy) is 2. The fourth-order valence-electron chi connectivity index (χ4n) is 3.84. The van der Waals surface area contributed by atoms with E-state index in [0.717, 1.165) is 64.9 Å². The van der Waals surface area contributed by atoms with Crippen molar-refractivity contribution in [1.82, 2.24) is 15.1 Å². The normalized spacial score (nSPS) is 24.0. The lowest BCUT2D eigenvalue weighted by Crippen LogP contribution is -2.43. The number of carboxylic acid groups (broad SMARTS) is 1. The lowest BCUT2D eigenvalue weighted by atomic mass is 9.98. The second kappa shape index (κ2) is 12.7. The first kappa shape index (κ1) is 22.6. The molecule has 1 atom stereocenters. The van der Waals surface area contributed by atoms with E-state index >= 15 is 0 Å². The highest BCUT2D eigenvalue weighted by atomic mass is 16.5. The van der Waals surface area contributed by atoms with E-state index < -0.39 is 0 Å². The van der Waals surface area contributed by atoms with Gasteiger partial charge in [-0.25, -0.2) is 0 Å². The minimum atomic E-state index is -0.250. The van der Waals surface area contributed by atoms with Crippen molar-refractivity contribution in [2.45, 2.75) is 38.2 Å². The van der Waals surface area contributed by atoms with E-state index in [4.69, 9.17) is 19.4 Å². The van der Waals surface area contributed by atoms with Crippen LogP contribution in [-0.4, -0.2) is 98.4 Å². The SMILES string of the molecule is O=C(CN1CCCN(C(=O)C2CCOCC2)CC1)NCC1CCCO1.O=CO. The summed E-state index contributed by atoms with van der Waals surface area (Å²) in [7, 11) is 0. The lowest BCUT2D eigenvalue weighted by molar-refractivity contribution is -0.138. The van der Waals surface area contributed by atoms with Crippen molar-refractivity contribution in [1.29, 1.82) is 0 Å². The van der Waals surface area contributed by atoms with Gasteiger partial charge in [-0.1, -0.05) is 0 Å². The van der Waals surface area contributed by atoms with Gasteiger partial charge in [0.25, 0.3) is 6.47 Å². The summed E-state index contributed by atoms with van der Waals surface area (Å²) in [5.41, 5.74) is 0. The van der Waals surface area contributed by atoms with Crippen LogP contribution in [0.3, 0.4) is 0 Å². The molecule has 0 aliphatic carbocycles. The van der Waals surface area contributed by atoms with Crippen LogP contribution < -0.4 is 5.32 Å². The Kier molecular flexibility index (Phi) is 10.2. The summed E-state index contributed by atoms with van der Waals surface area (Å²) in [6.45, 7) is 6.12. The third-order valence-corrected chi connectivity index (χ3v) is 5.39. The van der Waals surface area contributed by atoms with E-state index in [2.05, 4.69) is 10.2 Å². The minimum absolute atomic E-state index is 0.0553. The Labute approximate surface area is 166 Å². The molecule has 3 heterocycles. The van der Waals surface area contributed by atoms with E-state index in [-0.39, 0.29) is 30.3 Å². The van der Waals surface area contributed by atoms with Crippen LogP contribution in [0.15, 0.2) is 0 Å². The summed E-state index contributed by atoms with van der Waals surface area (Å²) in [4.78, 5) is 37.3. The van der Waals surface area contributed by atoms with Gasteiger partial charge >= 0.3 is 0 Å². The molecule has 160 valence electrons. The molecular formula is C19H33N3O6. The van der Waals surface area contributed by atoms with E-state index in [1.165, 1.54) is 0 Å². The van der Waals surface area contributed by atoms with Gasteiger partial charge in [-0.15, -0.1) is 0 Å². The zero-order valence-electron chi connectivity index (χ0n) is 16.5. The maximum absolute atomic E-state index is 12.6. The molecule has 0 bridgehead atoms. The fourth-order valence-corrected chi connectivity index (χ4v) is 3.84. The monoisotopic (exact) mass is 399 g/mol. The van der Waals surface area contributed by atoms with Gasteiger partial charge in [0.05, 0.1) is 12.6 Å². The number of nitrogens with zero attached hydrogens (tertiary/aromatic N) is 2. The van der Waals surface area contributed by atoms with Gasteiger partial charge in [0.15, 0.2) is 0 Å². The Bertz CT molecular complexity index is 492. The molecule has 1 unspecified atom stereocenters. The van der Waals surface area contributed by atoms with Crippen molar-refractivity contribution in [3.05, 3.63) is 0 Å². The first-order valence-corrected chi connectivity index (χ1v) is 10.2. The van der Waals surface area contributed by atoms with Crippen molar-refractivity contribution >= 4 is 18.3 Å². The van der Waals surface area contributed by atoms with Crippen molar-refractivity contribution in [2.24, 2.45) is 5.92 Å². The highest BCUT2D eigenvalue weighted by Crippen LogP contribution is 2.18. The predicted octanol–water partition coefficient (Wildman–Crippen LogP) is -0.0567. The van der Waals surface area contributed by atoms with Crippen molar-refractivity contribution in [3.63, 3.8) is 0 Å². The summed E-state index contributed by atoms with van der Waals surface area (Å²) in [6.07, 6.45) is 4.90. The van der Waals surface area contributed by atoms with E-state index in [1.54, 1.807) is 0 Å². The molecule has 0 aromatic carbocycles. The largest absolute Gasteiger partial charge is 0.483 e. The lowest BCUT2D eigenvalue weighted by Gasteiger charge is -2.28. The van der Waals surface area contributed by atoms with E-state index in [0.29, 0.717) is 26.3 Å². The highest BCUT2D eigenvalue weighted by Gasteiger charge is 2.28. The van der Waals surface area contributed by atoms with Crippen LogP contribution in [-0.2, 0) is 23.9 Å².